The van der Waals surface area contributed by atoms with Crippen LogP contribution in [-0.2, 0) is 4.74 Å². The molecule has 1 amide bonds. The van der Waals surface area contributed by atoms with E-state index in [1.165, 1.54) is 0 Å². The maximum absolute atomic E-state index is 11.3. The Morgan fingerprint density at radius 1 is 1.42 bits per heavy atom. The number of hydrogen-bond acceptors (Lipinski definition) is 3. The molecule has 1 atom stereocenters. The van der Waals surface area contributed by atoms with Crippen LogP contribution in [0.4, 0.5) is 4.79 Å². The van der Waals surface area contributed by atoms with Gasteiger partial charge in [-0.15, -0.1) is 0 Å². The molecule has 0 saturated heterocycles. The first-order valence-electron chi connectivity index (χ1n) is 6.04. The lowest BCUT2D eigenvalue weighted by Crippen LogP contribution is -2.29. The van der Waals surface area contributed by atoms with Gasteiger partial charge in [-0.2, -0.15) is 0 Å². The van der Waals surface area contributed by atoms with Crippen LogP contribution >= 0.6 is 23.2 Å². The van der Waals surface area contributed by atoms with Crippen LogP contribution in [0.15, 0.2) is 18.2 Å². The number of hydrogen-bond donors (Lipinski definition) is 2. The molecule has 106 valence electrons. The zero-order valence-electron chi connectivity index (χ0n) is 10.7. The van der Waals surface area contributed by atoms with Crippen LogP contribution < -0.4 is 5.32 Å². The molecule has 0 saturated carbocycles. The number of benzene rings is 1. The van der Waals surface area contributed by atoms with E-state index in [0.717, 1.165) is 5.56 Å². The molecule has 0 spiro atoms. The zero-order chi connectivity index (χ0) is 14.3. The highest BCUT2D eigenvalue weighted by atomic mass is 35.5. The zero-order valence-corrected chi connectivity index (χ0v) is 12.2. The molecule has 0 aromatic heterocycles. The number of aliphatic hydroxyl groups excluding tert-OH is 1. The van der Waals surface area contributed by atoms with Crippen LogP contribution in [0, 0.1) is 0 Å². The quantitative estimate of drug-likeness (QED) is 0.848. The van der Waals surface area contributed by atoms with Crippen molar-refractivity contribution in [3.05, 3.63) is 33.8 Å². The molecular weight excluding hydrogens is 289 g/mol. The molecule has 0 aliphatic carbocycles. The molecule has 1 rings (SSSR count). The third-order valence-corrected chi connectivity index (χ3v) is 3.40. The third-order valence-electron chi connectivity index (χ3n) is 2.66. The molecule has 0 fully saturated rings. The minimum atomic E-state index is -0.467. The average molecular weight is 306 g/mol. The van der Waals surface area contributed by atoms with Gasteiger partial charge in [0, 0.05) is 19.1 Å². The smallest absolute Gasteiger partial charge is 0.407 e. The van der Waals surface area contributed by atoms with E-state index in [1.807, 2.05) is 6.07 Å². The van der Waals surface area contributed by atoms with Gasteiger partial charge in [0.1, 0.15) is 0 Å². The Hall–Kier alpha value is -0.970. The molecule has 1 aromatic carbocycles. The number of amides is 1. The molecule has 1 aromatic rings. The first-order chi connectivity index (χ1) is 9.08. The molecule has 0 radical (unpaired) electrons. The van der Waals surface area contributed by atoms with Gasteiger partial charge in [0.05, 0.1) is 16.7 Å². The second kappa shape index (κ2) is 8.25. The van der Waals surface area contributed by atoms with E-state index in [4.69, 9.17) is 33.0 Å². The number of carbonyl (C=O) groups is 1. The number of alkyl carbamates (subject to hydrolysis) is 1. The monoisotopic (exact) mass is 305 g/mol. The fourth-order valence-corrected chi connectivity index (χ4v) is 2.00. The summed E-state index contributed by atoms with van der Waals surface area (Å²) in [7, 11) is 0. The van der Waals surface area contributed by atoms with Gasteiger partial charge in [0.25, 0.3) is 0 Å². The van der Waals surface area contributed by atoms with E-state index < -0.39 is 6.09 Å². The van der Waals surface area contributed by atoms with Crippen LogP contribution in [0.3, 0.4) is 0 Å². The molecule has 0 aliphatic rings. The van der Waals surface area contributed by atoms with Gasteiger partial charge in [-0.25, -0.2) is 4.79 Å². The number of aliphatic hydroxyl groups is 1. The number of nitrogens with one attached hydrogen (secondary N) is 1. The maximum atomic E-state index is 11.3. The Morgan fingerprint density at radius 3 is 2.74 bits per heavy atom. The highest BCUT2D eigenvalue weighted by molar-refractivity contribution is 6.42. The topological polar surface area (TPSA) is 58.6 Å². The summed E-state index contributed by atoms with van der Waals surface area (Å²) in [5.74, 6) is -0.0378. The van der Waals surface area contributed by atoms with Gasteiger partial charge < -0.3 is 15.2 Å². The lowest BCUT2D eigenvalue weighted by atomic mass is 9.96. The summed E-state index contributed by atoms with van der Waals surface area (Å²) in [4.78, 5) is 11.3. The van der Waals surface area contributed by atoms with E-state index in [2.05, 4.69) is 5.32 Å². The van der Waals surface area contributed by atoms with Crippen LogP contribution in [0.25, 0.3) is 0 Å². The summed E-state index contributed by atoms with van der Waals surface area (Å²) in [6.45, 7) is 2.46. The minimum Gasteiger partial charge on any atom is -0.450 e. The number of rotatable bonds is 6. The summed E-state index contributed by atoms with van der Waals surface area (Å²) in [5, 5.41) is 12.7. The van der Waals surface area contributed by atoms with Gasteiger partial charge in [-0.05, 0) is 31.0 Å². The fraction of sp³-hybridized carbons (Fsp3) is 0.462. The summed E-state index contributed by atoms with van der Waals surface area (Å²) in [5.41, 5.74) is 0.917. The summed E-state index contributed by atoms with van der Waals surface area (Å²) in [6.07, 6.45) is 0.0511. The van der Waals surface area contributed by atoms with Gasteiger partial charge >= 0.3 is 6.09 Å². The summed E-state index contributed by atoms with van der Waals surface area (Å²) < 4.78 is 4.79. The number of halogens is 2. The SMILES string of the molecule is CCOC(=O)NCC(CCO)c1ccc(Cl)c(Cl)c1. The molecule has 0 bridgehead atoms. The van der Waals surface area contributed by atoms with Crippen molar-refractivity contribution in [1.82, 2.24) is 5.32 Å². The average Bonchev–Trinajstić information content (AvgIpc) is 2.38. The maximum Gasteiger partial charge on any atom is 0.407 e. The van der Waals surface area contributed by atoms with Crippen LogP contribution in [0.5, 0.6) is 0 Å². The molecule has 0 aliphatic heterocycles. The van der Waals surface area contributed by atoms with Crippen molar-refractivity contribution >= 4 is 29.3 Å². The molecule has 19 heavy (non-hydrogen) atoms. The predicted molar refractivity (Wildman–Crippen MR) is 75.9 cm³/mol. The van der Waals surface area contributed by atoms with Crippen molar-refractivity contribution in [2.45, 2.75) is 19.3 Å². The largest absolute Gasteiger partial charge is 0.450 e. The number of ether oxygens (including phenoxy) is 1. The fourth-order valence-electron chi connectivity index (χ4n) is 1.70. The Bertz CT molecular complexity index is 426. The number of carbonyl (C=O) groups excluding carboxylic acids is 1. The van der Waals surface area contributed by atoms with Crippen molar-refractivity contribution in [3.63, 3.8) is 0 Å². The van der Waals surface area contributed by atoms with Gasteiger partial charge in [-0.3, -0.25) is 0 Å². The third kappa shape index (κ3) is 5.27. The lowest BCUT2D eigenvalue weighted by Gasteiger charge is -2.17. The Balaban J connectivity index is 2.70. The van der Waals surface area contributed by atoms with E-state index >= 15 is 0 Å². The lowest BCUT2D eigenvalue weighted by molar-refractivity contribution is 0.151. The van der Waals surface area contributed by atoms with Crippen molar-refractivity contribution in [2.75, 3.05) is 19.8 Å². The standard InChI is InChI=1S/C13H17Cl2NO3/c1-2-19-13(18)16-8-10(5-6-17)9-3-4-11(14)12(15)7-9/h3-4,7,10,17H,2,5-6,8H2,1H3,(H,16,18). The molecule has 0 heterocycles. The van der Waals surface area contributed by atoms with Gasteiger partial charge in [0.2, 0.25) is 0 Å². The Labute approximate surface area is 122 Å². The van der Waals surface area contributed by atoms with E-state index in [9.17, 15) is 4.79 Å². The van der Waals surface area contributed by atoms with Crippen LogP contribution in [0.1, 0.15) is 24.8 Å². The van der Waals surface area contributed by atoms with E-state index in [0.29, 0.717) is 29.6 Å². The first kappa shape index (κ1) is 16.1. The second-order valence-electron chi connectivity index (χ2n) is 3.98. The highest BCUT2D eigenvalue weighted by Gasteiger charge is 2.14. The molecular formula is C13H17Cl2NO3. The minimum absolute atomic E-state index is 0.0232. The molecule has 4 nitrogen and oxygen atoms in total. The van der Waals surface area contributed by atoms with Gasteiger partial charge in [0.15, 0.2) is 0 Å². The van der Waals surface area contributed by atoms with Crippen LogP contribution in [0.2, 0.25) is 10.0 Å². The van der Waals surface area contributed by atoms with Crippen molar-refractivity contribution in [3.8, 4) is 0 Å². The Kier molecular flexibility index (Phi) is 6.99. The second-order valence-corrected chi connectivity index (χ2v) is 4.80. The highest BCUT2D eigenvalue weighted by Crippen LogP contribution is 2.27. The first-order valence-corrected chi connectivity index (χ1v) is 6.80. The van der Waals surface area contributed by atoms with Crippen molar-refractivity contribution in [1.29, 1.82) is 0 Å². The predicted octanol–water partition coefficient (Wildman–Crippen LogP) is 3.21. The normalized spacial score (nSPS) is 12.0. The van der Waals surface area contributed by atoms with Crippen molar-refractivity contribution in [2.24, 2.45) is 0 Å². The molecule has 6 heteroatoms. The van der Waals surface area contributed by atoms with Crippen molar-refractivity contribution < 1.29 is 14.6 Å². The Morgan fingerprint density at radius 2 is 2.16 bits per heavy atom. The molecule has 1 unspecified atom stereocenters. The van der Waals surface area contributed by atoms with E-state index in [-0.39, 0.29) is 12.5 Å². The summed E-state index contributed by atoms with van der Waals surface area (Å²) >= 11 is 11.8. The summed E-state index contributed by atoms with van der Waals surface area (Å²) in [6, 6.07) is 5.28. The van der Waals surface area contributed by atoms with E-state index in [1.54, 1.807) is 19.1 Å². The van der Waals surface area contributed by atoms with Crippen LogP contribution in [-0.4, -0.2) is 31.0 Å². The van der Waals surface area contributed by atoms with Gasteiger partial charge in [-0.1, -0.05) is 29.3 Å². The molecule has 2 N–H and O–H groups in total.